The second-order valence-corrected chi connectivity index (χ2v) is 9.78. The van der Waals surface area contributed by atoms with Crippen molar-refractivity contribution in [3.8, 4) is 10.4 Å². The third kappa shape index (κ3) is 3.15. The molecule has 0 spiro atoms. The summed E-state index contributed by atoms with van der Waals surface area (Å²) >= 11 is 3.97. The van der Waals surface area contributed by atoms with Crippen molar-refractivity contribution in [1.29, 1.82) is 0 Å². The summed E-state index contributed by atoms with van der Waals surface area (Å²) in [6.45, 7) is 4.23. The molecule has 1 aliphatic carbocycles. The number of carbonyl (C=O) groups excluding carboxylic acids is 2. The molecule has 0 aliphatic heterocycles. The first-order valence-electron chi connectivity index (χ1n) is 9.63. The SMILES string of the molecule is Cc1cc(-c2ccc(C=C3C(=O)c4cc5ccccc5cc4C3=O)s2)cc(C)c1I. The molecule has 0 fully saturated rings. The highest BCUT2D eigenvalue weighted by Crippen LogP contribution is 2.35. The van der Waals surface area contributed by atoms with Gasteiger partial charge in [-0.2, -0.15) is 0 Å². The molecule has 0 saturated carbocycles. The first-order valence-corrected chi connectivity index (χ1v) is 11.5. The maximum Gasteiger partial charge on any atom is 0.197 e. The van der Waals surface area contributed by atoms with Crippen molar-refractivity contribution in [2.75, 3.05) is 0 Å². The predicted octanol–water partition coefficient (Wildman–Crippen LogP) is 7.25. The number of carbonyl (C=O) groups is 2. The van der Waals surface area contributed by atoms with E-state index in [1.54, 1.807) is 17.4 Å². The number of hydrogen-bond acceptors (Lipinski definition) is 3. The van der Waals surface area contributed by atoms with E-state index in [1.165, 1.54) is 20.3 Å². The number of rotatable bonds is 2. The maximum absolute atomic E-state index is 13.0. The Labute approximate surface area is 192 Å². The lowest BCUT2D eigenvalue weighted by Crippen LogP contribution is -1.99. The molecule has 1 aliphatic rings. The number of hydrogen-bond donors (Lipinski definition) is 0. The molecule has 3 aromatic carbocycles. The van der Waals surface area contributed by atoms with Gasteiger partial charge < -0.3 is 0 Å². The van der Waals surface area contributed by atoms with Crippen molar-refractivity contribution in [2.24, 2.45) is 0 Å². The number of thiophene rings is 1. The quantitative estimate of drug-likeness (QED) is 0.159. The van der Waals surface area contributed by atoms with Gasteiger partial charge in [0.2, 0.25) is 0 Å². The molecule has 4 aromatic rings. The number of fused-ring (bicyclic) bond motifs is 2. The number of aryl methyl sites for hydroxylation is 2. The fraction of sp³-hybridized carbons (Fsp3) is 0.0769. The van der Waals surface area contributed by atoms with Crippen LogP contribution in [-0.2, 0) is 0 Å². The van der Waals surface area contributed by atoms with Gasteiger partial charge in [0.25, 0.3) is 0 Å². The van der Waals surface area contributed by atoms with E-state index in [2.05, 4.69) is 54.6 Å². The summed E-state index contributed by atoms with van der Waals surface area (Å²) in [6.07, 6.45) is 1.75. The first-order chi connectivity index (χ1) is 14.4. The summed E-state index contributed by atoms with van der Waals surface area (Å²) in [5.41, 5.74) is 4.93. The van der Waals surface area contributed by atoms with E-state index in [4.69, 9.17) is 0 Å². The molecule has 0 unspecified atom stereocenters. The highest BCUT2D eigenvalue weighted by molar-refractivity contribution is 14.1. The van der Waals surface area contributed by atoms with Crippen molar-refractivity contribution in [1.82, 2.24) is 0 Å². The van der Waals surface area contributed by atoms with Crippen LogP contribution in [0.25, 0.3) is 27.3 Å². The van der Waals surface area contributed by atoms with Gasteiger partial charge in [-0.1, -0.05) is 24.3 Å². The van der Waals surface area contributed by atoms with E-state index in [-0.39, 0.29) is 17.1 Å². The van der Waals surface area contributed by atoms with E-state index in [9.17, 15) is 9.59 Å². The molecular formula is C26H17IO2S. The molecule has 0 amide bonds. The Balaban J connectivity index is 1.54. The fourth-order valence-electron chi connectivity index (χ4n) is 3.96. The molecule has 4 heteroatoms. The number of benzene rings is 3. The highest BCUT2D eigenvalue weighted by atomic mass is 127. The molecule has 1 aromatic heterocycles. The number of allylic oxidation sites excluding steroid dienone is 1. The Morgan fingerprint density at radius 2 is 1.37 bits per heavy atom. The highest BCUT2D eigenvalue weighted by Gasteiger charge is 2.33. The average Bonchev–Trinajstić information content (AvgIpc) is 3.30. The Kier molecular flexibility index (Phi) is 4.71. The van der Waals surface area contributed by atoms with Crippen molar-refractivity contribution in [3.05, 3.63) is 96.9 Å². The van der Waals surface area contributed by atoms with E-state index in [0.29, 0.717) is 11.1 Å². The largest absolute Gasteiger partial charge is 0.288 e. The smallest absolute Gasteiger partial charge is 0.197 e. The van der Waals surface area contributed by atoms with Crippen LogP contribution in [0, 0.1) is 17.4 Å². The average molecular weight is 520 g/mol. The second kappa shape index (κ2) is 7.29. The van der Waals surface area contributed by atoms with Gasteiger partial charge in [0.1, 0.15) is 0 Å². The Bertz CT molecular complexity index is 1330. The van der Waals surface area contributed by atoms with Gasteiger partial charge in [-0.25, -0.2) is 0 Å². The van der Waals surface area contributed by atoms with Crippen LogP contribution < -0.4 is 0 Å². The summed E-state index contributed by atoms with van der Waals surface area (Å²) in [7, 11) is 0. The van der Waals surface area contributed by atoms with Crippen molar-refractivity contribution >= 4 is 62.3 Å². The monoisotopic (exact) mass is 520 g/mol. The molecule has 0 saturated heterocycles. The fourth-order valence-corrected chi connectivity index (χ4v) is 5.21. The minimum absolute atomic E-state index is 0.184. The third-order valence-corrected chi connectivity index (χ3v) is 8.28. The van der Waals surface area contributed by atoms with Crippen molar-refractivity contribution in [3.63, 3.8) is 0 Å². The zero-order valence-corrected chi connectivity index (χ0v) is 19.4. The normalized spacial score (nSPS) is 13.2. The van der Waals surface area contributed by atoms with Gasteiger partial charge in [-0.05, 0) is 106 Å². The van der Waals surface area contributed by atoms with Crippen LogP contribution in [0.2, 0.25) is 0 Å². The molecule has 0 N–H and O–H groups in total. The minimum Gasteiger partial charge on any atom is -0.288 e. The van der Waals surface area contributed by atoms with Gasteiger partial charge in [0.05, 0.1) is 5.57 Å². The predicted molar refractivity (Wildman–Crippen MR) is 133 cm³/mol. The van der Waals surface area contributed by atoms with Crippen LogP contribution in [0.3, 0.4) is 0 Å². The molecule has 0 bridgehead atoms. The topological polar surface area (TPSA) is 34.1 Å². The maximum atomic E-state index is 13.0. The van der Waals surface area contributed by atoms with Crippen molar-refractivity contribution in [2.45, 2.75) is 13.8 Å². The van der Waals surface area contributed by atoms with Crippen LogP contribution in [0.15, 0.2) is 66.2 Å². The lowest BCUT2D eigenvalue weighted by atomic mass is 10.0. The second-order valence-electron chi connectivity index (χ2n) is 7.59. The standard InChI is InChI=1S/C26H17IO2S/c1-14-9-18(10-15(2)24(14)27)23-8-7-19(30-23)13-22-25(28)20-11-16-5-3-4-6-17(16)12-21(20)26(22)29/h3-13H,1-2H3. The Morgan fingerprint density at radius 1 is 0.800 bits per heavy atom. The van der Waals surface area contributed by atoms with Gasteiger partial charge in [0.15, 0.2) is 11.6 Å². The minimum atomic E-state index is -0.184. The van der Waals surface area contributed by atoms with Gasteiger partial charge in [-0.3, -0.25) is 9.59 Å². The number of halogens is 1. The van der Waals surface area contributed by atoms with Crippen LogP contribution >= 0.6 is 33.9 Å². The summed E-state index contributed by atoms with van der Waals surface area (Å²) < 4.78 is 1.28. The van der Waals surface area contributed by atoms with Gasteiger partial charge in [-0.15, -0.1) is 11.3 Å². The summed E-state index contributed by atoms with van der Waals surface area (Å²) in [4.78, 5) is 28.0. The zero-order chi connectivity index (χ0) is 21.0. The van der Waals surface area contributed by atoms with E-state index >= 15 is 0 Å². The van der Waals surface area contributed by atoms with E-state index in [1.807, 2.05) is 42.5 Å². The van der Waals surface area contributed by atoms with Crippen LogP contribution in [0.4, 0.5) is 0 Å². The molecule has 146 valence electrons. The van der Waals surface area contributed by atoms with Gasteiger partial charge >= 0.3 is 0 Å². The first kappa shape index (κ1) is 19.4. The molecule has 1 heterocycles. The van der Waals surface area contributed by atoms with Crippen LogP contribution in [0.1, 0.15) is 36.7 Å². The molecule has 0 radical (unpaired) electrons. The Hall–Kier alpha value is -2.57. The van der Waals surface area contributed by atoms with E-state index in [0.717, 1.165) is 20.5 Å². The molecule has 5 rings (SSSR count). The lowest BCUT2D eigenvalue weighted by Gasteiger charge is -2.06. The lowest BCUT2D eigenvalue weighted by molar-refractivity contribution is 0.0990. The number of Topliss-reactive ketones (excluding diaryl/α,β-unsaturated/α-hetero) is 2. The molecular weight excluding hydrogens is 503 g/mol. The summed E-state index contributed by atoms with van der Waals surface area (Å²) in [6, 6.07) is 19.9. The summed E-state index contributed by atoms with van der Waals surface area (Å²) in [5, 5.41) is 1.95. The molecule has 30 heavy (non-hydrogen) atoms. The third-order valence-electron chi connectivity index (χ3n) is 5.50. The van der Waals surface area contributed by atoms with Crippen LogP contribution in [-0.4, -0.2) is 11.6 Å². The summed E-state index contributed by atoms with van der Waals surface area (Å²) in [5.74, 6) is -0.367. The van der Waals surface area contributed by atoms with Crippen LogP contribution in [0.5, 0.6) is 0 Å². The van der Waals surface area contributed by atoms with Gasteiger partial charge in [0, 0.05) is 24.5 Å². The number of ketones is 2. The molecule has 2 nitrogen and oxygen atoms in total. The van der Waals surface area contributed by atoms with Crippen molar-refractivity contribution < 1.29 is 9.59 Å². The Morgan fingerprint density at radius 3 is 1.93 bits per heavy atom. The molecule has 0 atom stereocenters. The zero-order valence-electron chi connectivity index (χ0n) is 16.5. The van der Waals surface area contributed by atoms with E-state index < -0.39 is 0 Å².